The summed E-state index contributed by atoms with van der Waals surface area (Å²) in [6, 6.07) is 7.46. The predicted octanol–water partition coefficient (Wildman–Crippen LogP) is 2.59. The third-order valence-corrected chi connectivity index (χ3v) is 4.55. The molecule has 11 nitrogen and oxygen atoms in total. The highest BCUT2D eigenvalue weighted by Gasteiger charge is 2.27. The van der Waals surface area contributed by atoms with Gasteiger partial charge in [0.1, 0.15) is 17.4 Å². The maximum atomic E-state index is 12.7. The van der Waals surface area contributed by atoms with Crippen LogP contribution in [0.1, 0.15) is 34.8 Å². The summed E-state index contributed by atoms with van der Waals surface area (Å²) in [6.45, 7) is 4.68. The molecule has 0 aliphatic heterocycles. The number of hydrogen-bond acceptors (Lipinski definition) is 6. The van der Waals surface area contributed by atoms with Crippen molar-refractivity contribution in [2.24, 2.45) is 7.05 Å². The van der Waals surface area contributed by atoms with Crippen LogP contribution < -0.4 is 10.6 Å². The fraction of sp³-hybridized carbons (Fsp3) is 0.263. The van der Waals surface area contributed by atoms with Gasteiger partial charge in [0.15, 0.2) is 5.69 Å². The molecule has 2 aromatic heterocycles. The number of nitro groups is 1. The van der Waals surface area contributed by atoms with Crippen molar-refractivity contribution >= 4 is 28.9 Å². The molecule has 1 aromatic carbocycles. The molecule has 1 atom stereocenters. The largest absolute Gasteiger partial charge is 0.324 e. The first-order valence-corrected chi connectivity index (χ1v) is 9.09. The van der Waals surface area contributed by atoms with Gasteiger partial charge in [-0.1, -0.05) is 6.07 Å². The molecular formula is C19H21N7O4. The van der Waals surface area contributed by atoms with E-state index in [2.05, 4.69) is 20.8 Å². The molecule has 0 saturated heterocycles. The van der Waals surface area contributed by atoms with E-state index in [0.717, 1.165) is 0 Å². The number of aromatic nitrogens is 4. The minimum Gasteiger partial charge on any atom is -0.324 e. The minimum absolute atomic E-state index is 0.103. The predicted molar refractivity (Wildman–Crippen MR) is 109 cm³/mol. The van der Waals surface area contributed by atoms with Crippen LogP contribution in [-0.2, 0) is 11.8 Å². The summed E-state index contributed by atoms with van der Waals surface area (Å²) in [4.78, 5) is 35.6. The number of anilines is 2. The summed E-state index contributed by atoms with van der Waals surface area (Å²) in [5, 5.41) is 24.8. The van der Waals surface area contributed by atoms with Crippen molar-refractivity contribution in [3.63, 3.8) is 0 Å². The number of hydrogen-bond donors (Lipinski definition) is 2. The van der Waals surface area contributed by atoms with Crippen LogP contribution in [0.15, 0.2) is 36.5 Å². The molecule has 0 radical (unpaired) electrons. The molecule has 3 aromatic rings. The number of carbonyl (C=O) groups is 2. The Kier molecular flexibility index (Phi) is 5.63. The van der Waals surface area contributed by atoms with Crippen LogP contribution in [0.5, 0.6) is 0 Å². The average molecular weight is 411 g/mol. The fourth-order valence-electron chi connectivity index (χ4n) is 3.06. The normalized spacial score (nSPS) is 11.7. The molecule has 0 fully saturated rings. The van der Waals surface area contributed by atoms with Gasteiger partial charge in [0, 0.05) is 24.6 Å². The van der Waals surface area contributed by atoms with E-state index in [9.17, 15) is 19.7 Å². The Morgan fingerprint density at radius 3 is 2.37 bits per heavy atom. The molecule has 156 valence electrons. The second-order valence-electron chi connectivity index (χ2n) is 6.80. The highest BCUT2D eigenvalue weighted by Crippen LogP contribution is 2.25. The third kappa shape index (κ3) is 4.19. The van der Waals surface area contributed by atoms with Crippen molar-refractivity contribution in [2.45, 2.75) is 26.8 Å². The molecule has 2 N–H and O–H groups in total. The van der Waals surface area contributed by atoms with Crippen LogP contribution >= 0.6 is 0 Å². The first kappa shape index (κ1) is 20.7. The van der Waals surface area contributed by atoms with E-state index < -0.39 is 16.9 Å². The summed E-state index contributed by atoms with van der Waals surface area (Å²) >= 11 is 0. The Morgan fingerprint density at radius 1 is 1.13 bits per heavy atom. The fourth-order valence-corrected chi connectivity index (χ4v) is 3.06. The van der Waals surface area contributed by atoms with Crippen molar-refractivity contribution in [3.8, 4) is 0 Å². The highest BCUT2D eigenvalue weighted by molar-refractivity contribution is 6.03. The first-order chi connectivity index (χ1) is 14.2. The van der Waals surface area contributed by atoms with Gasteiger partial charge in [0.2, 0.25) is 5.91 Å². The van der Waals surface area contributed by atoms with Gasteiger partial charge in [-0.05, 0) is 45.0 Å². The Balaban J connectivity index is 1.73. The summed E-state index contributed by atoms with van der Waals surface area (Å²) < 4.78 is 2.85. The van der Waals surface area contributed by atoms with Crippen LogP contribution in [0.2, 0.25) is 0 Å². The number of benzene rings is 1. The number of rotatable bonds is 6. The topological polar surface area (TPSA) is 137 Å². The van der Waals surface area contributed by atoms with Gasteiger partial charge in [-0.25, -0.2) is 0 Å². The van der Waals surface area contributed by atoms with Gasteiger partial charge >= 0.3 is 5.69 Å². The maximum absolute atomic E-state index is 12.7. The van der Waals surface area contributed by atoms with E-state index in [4.69, 9.17) is 0 Å². The number of nitrogens with zero attached hydrogens (tertiary/aromatic N) is 5. The zero-order chi connectivity index (χ0) is 22.0. The van der Waals surface area contributed by atoms with E-state index in [-0.39, 0.29) is 23.0 Å². The van der Waals surface area contributed by atoms with Gasteiger partial charge in [-0.3, -0.25) is 29.1 Å². The third-order valence-electron chi connectivity index (χ3n) is 4.55. The van der Waals surface area contributed by atoms with E-state index >= 15 is 0 Å². The zero-order valence-corrected chi connectivity index (χ0v) is 16.9. The smallest absolute Gasteiger partial charge is 0.312 e. The van der Waals surface area contributed by atoms with E-state index in [0.29, 0.717) is 17.1 Å². The van der Waals surface area contributed by atoms with Crippen LogP contribution in [0.4, 0.5) is 17.1 Å². The molecule has 3 rings (SSSR count). The summed E-state index contributed by atoms with van der Waals surface area (Å²) in [6.07, 6.45) is 1.66. The quantitative estimate of drug-likeness (QED) is 0.472. The lowest BCUT2D eigenvalue weighted by atomic mass is 10.2. The maximum Gasteiger partial charge on any atom is 0.312 e. The van der Waals surface area contributed by atoms with Crippen molar-refractivity contribution in [1.82, 2.24) is 19.6 Å². The molecule has 0 aliphatic rings. The molecule has 2 amide bonds. The van der Waals surface area contributed by atoms with Crippen molar-refractivity contribution in [3.05, 3.63) is 63.7 Å². The molecule has 0 saturated carbocycles. The van der Waals surface area contributed by atoms with Crippen LogP contribution in [0.25, 0.3) is 0 Å². The molecule has 11 heteroatoms. The second-order valence-corrected chi connectivity index (χ2v) is 6.80. The van der Waals surface area contributed by atoms with Crippen LogP contribution in [0.3, 0.4) is 0 Å². The lowest BCUT2D eigenvalue weighted by Crippen LogP contribution is -2.25. The number of amides is 2. The van der Waals surface area contributed by atoms with Gasteiger partial charge in [0.25, 0.3) is 5.91 Å². The Morgan fingerprint density at radius 2 is 1.80 bits per heavy atom. The average Bonchev–Trinajstić information content (AvgIpc) is 3.24. The Bertz CT molecular complexity index is 1130. The van der Waals surface area contributed by atoms with Gasteiger partial charge < -0.3 is 10.6 Å². The van der Waals surface area contributed by atoms with E-state index in [1.54, 1.807) is 57.4 Å². The number of aryl methyl sites for hydroxylation is 2. The lowest BCUT2D eigenvalue weighted by molar-refractivity contribution is -0.386. The molecular weight excluding hydrogens is 390 g/mol. The number of nitrogens with one attached hydrogen (secondary N) is 2. The first-order valence-electron chi connectivity index (χ1n) is 9.09. The second kappa shape index (κ2) is 8.15. The molecule has 2 heterocycles. The van der Waals surface area contributed by atoms with Gasteiger partial charge in [-0.2, -0.15) is 10.2 Å². The monoisotopic (exact) mass is 411 g/mol. The Hall–Kier alpha value is -4.02. The molecule has 0 aliphatic carbocycles. The van der Waals surface area contributed by atoms with Crippen LogP contribution in [0, 0.1) is 24.0 Å². The van der Waals surface area contributed by atoms with Crippen molar-refractivity contribution in [1.29, 1.82) is 0 Å². The summed E-state index contributed by atoms with van der Waals surface area (Å²) in [7, 11) is 1.71. The SMILES string of the molecule is Cc1nn(C(C)C(=O)Nc2cccc(NC(=O)c3ccn(C)n3)c2)c(C)c1[N+](=O)[O-]. The van der Waals surface area contributed by atoms with E-state index in [1.165, 1.54) is 16.3 Å². The standard InChI is InChI=1S/C19H21N7O4/c1-11-17(26(29)30)12(2)25(22-11)13(3)18(27)20-14-6-5-7-15(10-14)21-19(28)16-8-9-24(4)23-16/h5-10,13H,1-4H3,(H,20,27)(H,21,28). The highest BCUT2D eigenvalue weighted by atomic mass is 16.6. The summed E-state index contributed by atoms with van der Waals surface area (Å²) in [5.74, 6) is -0.772. The van der Waals surface area contributed by atoms with Crippen molar-refractivity contribution < 1.29 is 14.5 Å². The Labute approximate surface area is 171 Å². The zero-order valence-electron chi connectivity index (χ0n) is 16.9. The van der Waals surface area contributed by atoms with Crippen LogP contribution in [-0.4, -0.2) is 36.3 Å². The van der Waals surface area contributed by atoms with Gasteiger partial charge in [0.05, 0.1) is 4.92 Å². The lowest BCUT2D eigenvalue weighted by Gasteiger charge is -2.14. The summed E-state index contributed by atoms with van der Waals surface area (Å²) in [5.41, 5.74) is 1.66. The van der Waals surface area contributed by atoms with E-state index in [1.807, 2.05) is 0 Å². The molecule has 30 heavy (non-hydrogen) atoms. The molecule has 0 bridgehead atoms. The minimum atomic E-state index is -0.774. The molecule has 1 unspecified atom stereocenters. The van der Waals surface area contributed by atoms with Gasteiger partial charge in [-0.15, -0.1) is 0 Å². The number of carbonyl (C=O) groups excluding carboxylic acids is 2. The van der Waals surface area contributed by atoms with Crippen molar-refractivity contribution in [2.75, 3.05) is 10.6 Å². The molecule has 0 spiro atoms.